The number of alkyl halides is 4. The van der Waals surface area contributed by atoms with Gasteiger partial charge in [0.2, 0.25) is 11.1 Å². The fourth-order valence-corrected chi connectivity index (χ4v) is 6.71. The van der Waals surface area contributed by atoms with Crippen molar-refractivity contribution in [2.24, 2.45) is 0 Å². The third-order valence-electron chi connectivity index (χ3n) is 6.98. The van der Waals surface area contributed by atoms with Crippen LogP contribution in [-0.4, -0.2) is 55.7 Å². The van der Waals surface area contributed by atoms with Crippen LogP contribution in [0.4, 0.5) is 17.6 Å². The van der Waals surface area contributed by atoms with Crippen LogP contribution >= 0.6 is 22.9 Å². The number of benzene rings is 1. The number of hydrogen-bond acceptors (Lipinski definition) is 9. The number of rotatable bonds is 9. The summed E-state index contributed by atoms with van der Waals surface area (Å²) in [5, 5.41) is 6.75. The molecule has 0 aliphatic carbocycles. The van der Waals surface area contributed by atoms with Gasteiger partial charge in [0.1, 0.15) is 23.2 Å². The van der Waals surface area contributed by atoms with Crippen LogP contribution in [0.3, 0.4) is 0 Å². The van der Waals surface area contributed by atoms with Crippen molar-refractivity contribution in [2.45, 2.75) is 50.2 Å². The topological polar surface area (TPSA) is 98.6 Å². The van der Waals surface area contributed by atoms with Gasteiger partial charge in [0, 0.05) is 29.5 Å². The second-order valence-electron chi connectivity index (χ2n) is 9.71. The predicted octanol–water partition coefficient (Wildman–Crippen LogP) is 5.77. The van der Waals surface area contributed by atoms with Crippen molar-refractivity contribution in [3.05, 3.63) is 62.3 Å². The third-order valence-corrected chi connectivity index (χ3v) is 8.75. The van der Waals surface area contributed by atoms with Crippen LogP contribution in [-0.2, 0) is 15.9 Å². The summed E-state index contributed by atoms with van der Waals surface area (Å²) < 4.78 is 69.9. The van der Waals surface area contributed by atoms with E-state index in [2.05, 4.69) is 10.6 Å². The van der Waals surface area contributed by atoms with Crippen molar-refractivity contribution in [1.82, 2.24) is 25.1 Å². The van der Waals surface area contributed by atoms with Crippen molar-refractivity contribution < 1.29 is 35.6 Å². The Kier molecular flexibility index (Phi) is 9.40. The molecular formula is C25H26ClF4N5O4S2. The van der Waals surface area contributed by atoms with Crippen LogP contribution in [0.5, 0.6) is 5.75 Å². The van der Waals surface area contributed by atoms with Gasteiger partial charge >= 0.3 is 0 Å². The highest BCUT2D eigenvalue weighted by Crippen LogP contribution is 2.43. The molecule has 1 N–H and O–H groups in total. The first-order chi connectivity index (χ1) is 19.6. The van der Waals surface area contributed by atoms with Crippen molar-refractivity contribution >= 4 is 39.9 Å². The normalized spacial score (nSPS) is 21.2. The molecule has 0 saturated carbocycles. The fraction of sp³-hybridized carbons (Fsp3) is 0.480. The van der Waals surface area contributed by atoms with Crippen LogP contribution in [0.25, 0.3) is 0 Å². The molecule has 3 atom stereocenters. The summed E-state index contributed by atoms with van der Waals surface area (Å²) >= 11 is 6.41. The Hall–Kier alpha value is -2.43. The Balaban J connectivity index is 1.17. The SMILES string of the molecule is CS(=O)Oc1cccc(Cl)c1C1CC(c2csc(C3CCN(CC(=O)n4nc(C(F)F)cc4C(F)F)CC3)n2)NO1. The molecule has 2 aliphatic rings. The van der Waals surface area contributed by atoms with E-state index in [0.29, 0.717) is 59.4 Å². The third kappa shape index (κ3) is 6.81. The molecule has 2 aromatic heterocycles. The lowest BCUT2D eigenvalue weighted by Gasteiger charge is -2.30. The summed E-state index contributed by atoms with van der Waals surface area (Å²) in [6.07, 6.45) is -3.25. The van der Waals surface area contributed by atoms with E-state index in [1.165, 1.54) is 17.6 Å². The van der Waals surface area contributed by atoms with Crippen LogP contribution in [0.15, 0.2) is 29.6 Å². The molecule has 0 radical (unpaired) electrons. The maximum atomic E-state index is 13.3. The minimum absolute atomic E-state index is 0.146. The largest absolute Gasteiger partial charge is 0.400 e. The molecule has 9 nitrogen and oxygen atoms in total. The number of aromatic nitrogens is 3. The first-order valence-electron chi connectivity index (χ1n) is 12.7. The smallest absolute Gasteiger partial charge is 0.282 e. The molecule has 0 amide bonds. The molecule has 1 aromatic carbocycles. The highest BCUT2D eigenvalue weighted by Gasteiger charge is 2.34. The van der Waals surface area contributed by atoms with E-state index >= 15 is 0 Å². The standard InChI is InChI=1S/C25H26ClF4N5O4S2/c1-41(37)39-19-4-2-3-14(26)22(19)20-10-15(33-38-20)17-12-40-25(31-17)13-5-7-34(8-6-13)11-21(36)35-18(24(29)30)9-16(32-35)23(27)28/h2-4,9,12-13,15,20,23-24,33H,5-8,10-11H2,1H3. The zero-order chi connectivity index (χ0) is 29.3. The Morgan fingerprint density at radius 2 is 2.02 bits per heavy atom. The summed E-state index contributed by atoms with van der Waals surface area (Å²) in [7, 11) is 0. The highest BCUT2D eigenvalue weighted by molar-refractivity contribution is 7.79. The average Bonchev–Trinajstić information content (AvgIpc) is 3.68. The Morgan fingerprint density at radius 1 is 1.27 bits per heavy atom. The second-order valence-corrected chi connectivity index (χ2v) is 12.0. The number of likely N-dealkylation sites (tertiary alicyclic amines) is 1. The van der Waals surface area contributed by atoms with Gasteiger partial charge in [-0.25, -0.2) is 26.8 Å². The molecule has 0 spiro atoms. The van der Waals surface area contributed by atoms with Gasteiger partial charge in [-0.1, -0.05) is 17.7 Å². The minimum atomic E-state index is -3.10. The van der Waals surface area contributed by atoms with E-state index in [9.17, 15) is 26.6 Å². The molecular weight excluding hydrogens is 610 g/mol. The van der Waals surface area contributed by atoms with Gasteiger partial charge in [-0.05, 0) is 44.1 Å². The highest BCUT2D eigenvalue weighted by atomic mass is 35.5. The summed E-state index contributed by atoms with van der Waals surface area (Å²) in [6, 6.07) is 5.49. The van der Waals surface area contributed by atoms with Crippen LogP contribution in [0, 0.1) is 0 Å². The monoisotopic (exact) mass is 635 g/mol. The zero-order valence-corrected chi connectivity index (χ0v) is 24.0. The number of carbonyl (C=O) groups is 1. The molecule has 2 fully saturated rings. The average molecular weight is 636 g/mol. The van der Waals surface area contributed by atoms with Crippen molar-refractivity contribution in [1.29, 1.82) is 0 Å². The van der Waals surface area contributed by atoms with Crippen LogP contribution in [0.2, 0.25) is 5.02 Å². The number of thiazole rings is 1. The minimum Gasteiger partial charge on any atom is -0.400 e. The van der Waals surface area contributed by atoms with E-state index < -0.39 is 47.3 Å². The lowest BCUT2D eigenvalue weighted by atomic mass is 9.97. The number of nitrogens with zero attached hydrogens (tertiary/aromatic N) is 4. The Bertz CT molecular complexity index is 1420. The predicted molar refractivity (Wildman–Crippen MR) is 144 cm³/mol. The quantitative estimate of drug-likeness (QED) is 0.296. The summed E-state index contributed by atoms with van der Waals surface area (Å²) in [4.78, 5) is 25.1. The van der Waals surface area contributed by atoms with Crippen molar-refractivity contribution in [3.8, 4) is 5.75 Å². The number of halogens is 5. The van der Waals surface area contributed by atoms with Crippen LogP contribution in [0.1, 0.15) is 82.6 Å². The van der Waals surface area contributed by atoms with Gasteiger partial charge in [0.25, 0.3) is 18.8 Å². The Labute approximate surface area is 244 Å². The van der Waals surface area contributed by atoms with E-state index in [4.69, 9.17) is 25.6 Å². The molecule has 5 rings (SSSR count). The zero-order valence-electron chi connectivity index (χ0n) is 21.6. The maximum absolute atomic E-state index is 13.3. The van der Waals surface area contributed by atoms with Gasteiger partial charge in [0.05, 0.1) is 28.3 Å². The number of nitrogens with one attached hydrogen (secondary N) is 1. The van der Waals surface area contributed by atoms with Gasteiger partial charge < -0.3 is 4.18 Å². The van der Waals surface area contributed by atoms with E-state index in [-0.39, 0.29) is 18.5 Å². The first kappa shape index (κ1) is 30.0. The number of carbonyl (C=O) groups excluding carboxylic acids is 1. The van der Waals surface area contributed by atoms with Gasteiger partial charge in [-0.15, -0.1) is 11.3 Å². The maximum Gasteiger partial charge on any atom is 0.282 e. The summed E-state index contributed by atoms with van der Waals surface area (Å²) in [5.74, 6) is -0.239. The van der Waals surface area contributed by atoms with Gasteiger partial charge in [-0.2, -0.15) is 15.3 Å². The molecule has 3 unspecified atom stereocenters. The molecule has 3 aromatic rings. The lowest BCUT2D eigenvalue weighted by molar-refractivity contribution is 0.0246. The second kappa shape index (κ2) is 12.8. The number of piperidine rings is 1. The molecule has 0 bridgehead atoms. The van der Waals surface area contributed by atoms with E-state index in [1.807, 2.05) is 5.38 Å². The molecule has 2 saturated heterocycles. The summed E-state index contributed by atoms with van der Waals surface area (Å²) in [5.41, 5.74) is 2.75. The fourth-order valence-electron chi connectivity index (χ4n) is 4.98. The van der Waals surface area contributed by atoms with Gasteiger partial charge in [-0.3, -0.25) is 14.5 Å². The number of hydrogen-bond donors (Lipinski definition) is 1. The van der Waals surface area contributed by atoms with E-state index in [0.717, 1.165) is 10.7 Å². The molecule has 41 heavy (non-hydrogen) atoms. The molecule has 4 heterocycles. The molecule has 222 valence electrons. The Morgan fingerprint density at radius 3 is 2.71 bits per heavy atom. The number of hydroxylamine groups is 1. The first-order valence-corrected chi connectivity index (χ1v) is 15.4. The molecule has 16 heteroatoms. The van der Waals surface area contributed by atoms with E-state index in [1.54, 1.807) is 23.1 Å². The molecule has 2 aliphatic heterocycles. The van der Waals surface area contributed by atoms with Crippen molar-refractivity contribution in [3.63, 3.8) is 0 Å². The van der Waals surface area contributed by atoms with Gasteiger partial charge in [0.15, 0.2) is 0 Å². The van der Waals surface area contributed by atoms with Crippen LogP contribution < -0.4 is 9.66 Å². The summed E-state index contributed by atoms with van der Waals surface area (Å²) in [6.45, 7) is 0.822. The van der Waals surface area contributed by atoms with Crippen molar-refractivity contribution in [2.75, 3.05) is 25.9 Å². The lowest BCUT2D eigenvalue weighted by Crippen LogP contribution is -2.39.